The summed E-state index contributed by atoms with van der Waals surface area (Å²) in [5, 5.41) is 0. The quantitative estimate of drug-likeness (QED) is 0.0261. The third kappa shape index (κ3) is 55.8. The van der Waals surface area contributed by atoms with Gasteiger partial charge in [0.1, 0.15) is 13.2 Å². The molecule has 0 saturated heterocycles. The van der Waals surface area contributed by atoms with E-state index in [2.05, 4.69) is 93.7 Å². The van der Waals surface area contributed by atoms with Gasteiger partial charge in [0.25, 0.3) is 0 Å². The molecule has 0 rings (SSSR count). The van der Waals surface area contributed by atoms with Gasteiger partial charge in [0.2, 0.25) is 0 Å². The lowest BCUT2D eigenvalue weighted by Gasteiger charge is -2.18. The number of esters is 3. The Balaban J connectivity index is 4.43. The van der Waals surface area contributed by atoms with E-state index in [4.69, 9.17) is 14.2 Å². The summed E-state index contributed by atoms with van der Waals surface area (Å²) in [6.07, 6.45) is 74.7. The molecular weight excluding hydrogens is 865 g/mol. The normalized spacial score (nSPS) is 12.6. The summed E-state index contributed by atoms with van der Waals surface area (Å²) in [4.78, 5) is 38.2. The van der Waals surface area contributed by atoms with Crippen LogP contribution >= 0.6 is 0 Å². The van der Waals surface area contributed by atoms with Crippen LogP contribution in [0.4, 0.5) is 0 Å². The minimum atomic E-state index is -0.805. The molecule has 0 aromatic carbocycles. The summed E-state index contributed by atoms with van der Waals surface area (Å²) < 4.78 is 16.8. The van der Waals surface area contributed by atoms with E-state index >= 15 is 0 Å². The van der Waals surface area contributed by atoms with Gasteiger partial charge in [-0.3, -0.25) is 14.4 Å². The highest BCUT2D eigenvalue weighted by Gasteiger charge is 2.19. The van der Waals surface area contributed by atoms with Crippen LogP contribution in [-0.2, 0) is 28.6 Å². The molecule has 70 heavy (non-hydrogen) atoms. The lowest BCUT2D eigenvalue weighted by atomic mass is 10.0. The van der Waals surface area contributed by atoms with E-state index in [-0.39, 0.29) is 37.5 Å². The fourth-order valence-electron chi connectivity index (χ4n) is 8.47. The molecule has 0 N–H and O–H groups in total. The van der Waals surface area contributed by atoms with E-state index in [1.807, 2.05) is 0 Å². The Kier molecular flexibility index (Phi) is 55.8. The molecule has 1 atom stereocenters. The van der Waals surface area contributed by atoms with Crippen molar-refractivity contribution in [3.63, 3.8) is 0 Å². The van der Waals surface area contributed by atoms with Crippen molar-refractivity contribution in [1.29, 1.82) is 0 Å². The zero-order valence-electron chi connectivity index (χ0n) is 46.3. The van der Waals surface area contributed by atoms with Crippen molar-refractivity contribution < 1.29 is 28.6 Å². The summed E-state index contributed by atoms with van der Waals surface area (Å²) in [6.45, 7) is 6.51. The monoisotopic (exact) mass is 977 g/mol. The van der Waals surface area contributed by atoms with Crippen LogP contribution in [0.1, 0.15) is 297 Å². The summed E-state index contributed by atoms with van der Waals surface area (Å²) in [6, 6.07) is 0. The summed E-state index contributed by atoms with van der Waals surface area (Å²) in [7, 11) is 0. The first-order valence-corrected chi connectivity index (χ1v) is 29.9. The summed E-state index contributed by atoms with van der Waals surface area (Å²) >= 11 is 0. The number of hydrogen-bond donors (Lipinski definition) is 0. The molecule has 6 heteroatoms. The maximum Gasteiger partial charge on any atom is 0.306 e. The SMILES string of the molecule is CC/C=C\C/C=C\C/C=C\C/C=C\C/C=C\CCCC(=O)O[C@@H](COC(=O)CCCCCCCCCCC/C=C\CCCCCCCC)COC(=O)CCCCCCCCCCCCCCCCCC. The second-order valence-corrected chi connectivity index (χ2v) is 19.9. The van der Waals surface area contributed by atoms with Gasteiger partial charge < -0.3 is 14.2 Å². The van der Waals surface area contributed by atoms with Gasteiger partial charge in [-0.1, -0.05) is 267 Å². The van der Waals surface area contributed by atoms with Crippen molar-refractivity contribution in [3.05, 3.63) is 72.9 Å². The van der Waals surface area contributed by atoms with Crippen LogP contribution in [0.2, 0.25) is 0 Å². The second-order valence-electron chi connectivity index (χ2n) is 19.9. The number of allylic oxidation sites excluding steroid dienone is 12. The lowest BCUT2D eigenvalue weighted by molar-refractivity contribution is -0.167. The van der Waals surface area contributed by atoms with Gasteiger partial charge in [-0.2, -0.15) is 0 Å². The Morgan fingerprint density at radius 2 is 0.571 bits per heavy atom. The third-order valence-corrected chi connectivity index (χ3v) is 12.9. The fourth-order valence-corrected chi connectivity index (χ4v) is 8.47. The molecule has 0 aliphatic carbocycles. The Labute approximate surface area is 433 Å². The molecular formula is C64H112O6. The number of hydrogen-bond acceptors (Lipinski definition) is 6. The van der Waals surface area contributed by atoms with Gasteiger partial charge >= 0.3 is 17.9 Å². The zero-order valence-corrected chi connectivity index (χ0v) is 46.3. The van der Waals surface area contributed by atoms with Crippen LogP contribution in [0, 0.1) is 0 Å². The van der Waals surface area contributed by atoms with Crippen molar-refractivity contribution in [1.82, 2.24) is 0 Å². The largest absolute Gasteiger partial charge is 0.462 e. The molecule has 0 fully saturated rings. The van der Waals surface area contributed by atoms with Crippen molar-refractivity contribution in [3.8, 4) is 0 Å². The van der Waals surface area contributed by atoms with Crippen molar-refractivity contribution in [2.75, 3.05) is 13.2 Å². The minimum absolute atomic E-state index is 0.0958. The number of rotatable bonds is 54. The highest BCUT2D eigenvalue weighted by molar-refractivity contribution is 5.71. The van der Waals surface area contributed by atoms with E-state index in [9.17, 15) is 14.4 Å². The van der Waals surface area contributed by atoms with Crippen molar-refractivity contribution in [2.45, 2.75) is 303 Å². The Hall–Kier alpha value is -3.15. The maximum absolute atomic E-state index is 12.8. The van der Waals surface area contributed by atoms with Crippen molar-refractivity contribution >= 4 is 17.9 Å². The van der Waals surface area contributed by atoms with Crippen molar-refractivity contribution in [2.24, 2.45) is 0 Å². The van der Waals surface area contributed by atoms with Crippen LogP contribution < -0.4 is 0 Å². The fraction of sp³-hybridized carbons (Fsp3) is 0.766. The van der Waals surface area contributed by atoms with Gasteiger partial charge in [-0.25, -0.2) is 0 Å². The molecule has 0 aliphatic rings. The molecule has 0 unspecified atom stereocenters. The molecule has 6 nitrogen and oxygen atoms in total. The van der Waals surface area contributed by atoms with E-state index in [0.29, 0.717) is 19.3 Å². The van der Waals surface area contributed by atoms with Gasteiger partial charge in [-0.15, -0.1) is 0 Å². The summed E-state index contributed by atoms with van der Waals surface area (Å²) in [5.41, 5.74) is 0. The van der Waals surface area contributed by atoms with E-state index in [0.717, 1.165) is 77.0 Å². The Morgan fingerprint density at radius 3 is 0.929 bits per heavy atom. The zero-order chi connectivity index (χ0) is 50.7. The molecule has 0 aliphatic heterocycles. The maximum atomic E-state index is 12.8. The Bertz CT molecular complexity index is 1310. The number of ether oxygens (including phenoxy) is 3. The second kappa shape index (κ2) is 58.4. The van der Waals surface area contributed by atoms with Gasteiger partial charge in [0.05, 0.1) is 0 Å². The van der Waals surface area contributed by atoms with Crippen LogP contribution in [-0.4, -0.2) is 37.2 Å². The lowest BCUT2D eigenvalue weighted by Crippen LogP contribution is -2.30. The molecule has 0 heterocycles. The molecule has 0 radical (unpaired) electrons. The average Bonchev–Trinajstić information content (AvgIpc) is 3.36. The Morgan fingerprint density at radius 1 is 0.300 bits per heavy atom. The standard InChI is InChI=1S/C64H112O6/c1-4-7-10-13-16-19-22-25-28-31-32-34-36-39-42-45-48-51-54-57-63(66)69-60-61(59-68-62(65)56-53-50-47-44-41-38-35-30-27-24-21-18-15-12-9-6-3)70-64(67)58-55-52-49-46-43-40-37-33-29-26-23-20-17-14-11-8-5-2/h8,11,17,20,25-26,28-29,37,40,46,49,61H,4-7,9-10,12-16,18-19,21-24,27,30-36,38-39,41-45,47-48,50-60H2,1-3H3/b11-8-,20-17-,28-25-,29-26-,40-37-,49-46-/t61-/m1/s1. The number of carbonyl (C=O) groups excluding carboxylic acids is 3. The van der Waals surface area contributed by atoms with Crippen LogP contribution in [0.5, 0.6) is 0 Å². The first-order chi connectivity index (χ1) is 34.5. The van der Waals surface area contributed by atoms with Crippen LogP contribution in [0.15, 0.2) is 72.9 Å². The first-order valence-electron chi connectivity index (χ1n) is 29.9. The molecule has 0 saturated carbocycles. The van der Waals surface area contributed by atoms with Crippen LogP contribution in [0.3, 0.4) is 0 Å². The minimum Gasteiger partial charge on any atom is -0.462 e. The first kappa shape index (κ1) is 66.9. The van der Waals surface area contributed by atoms with Gasteiger partial charge in [0.15, 0.2) is 6.10 Å². The molecule has 0 spiro atoms. The molecule has 0 aromatic rings. The van der Waals surface area contributed by atoms with Gasteiger partial charge in [0, 0.05) is 19.3 Å². The molecule has 0 bridgehead atoms. The van der Waals surface area contributed by atoms with E-state index < -0.39 is 6.10 Å². The van der Waals surface area contributed by atoms with E-state index in [1.165, 1.54) is 173 Å². The highest BCUT2D eigenvalue weighted by Crippen LogP contribution is 2.16. The number of unbranched alkanes of at least 4 members (excludes halogenated alkanes) is 31. The third-order valence-electron chi connectivity index (χ3n) is 12.9. The highest BCUT2D eigenvalue weighted by atomic mass is 16.6. The average molecular weight is 978 g/mol. The molecule has 0 amide bonds. The smallest absolute Gasteiger partial charge is 0.306 e. The molecule has 0 aromatic heterocycles. The topological polar surface area (TPSA) is 78.9 Å². The van der Waals surface area contributed by atoms with Crippen LogP contribution in [0.25, 0.3) is 0 Å². The van der Waals surface area contributed by atoms with Gasteiger partial charge in [-0.05, 0) is 83.5 Å². The van der Waals surface area contributed by atoms with E-state index in [1.54, 1.807) is 0 Å². The number of carbonyl (C=O) groups is 3. The predicted octanol–water partition coefficient (Wildman–Crippen LogP) is 20.2. The molecule has 404 valence electrons. The predicted molar refractivity (Wildman–Crippen MR) is 302 cm³/mol. The summed E-state index contributed by atoms with van der Waals surface area (Å²) in [5.74, 6) is -0.944.